The zero-order valence-electron chi connectivity index (χ0n) is 11.7. The van der Waals surface area contributed by atoms with E-state index in [9.17, 15) is 14.9 Å². The van der Waals surface area contributed by atoms with E-state index in [1.54, 1.807) is 4.57 Å². The summed E-state index contributed by atoms with van der Waals surface area (Å²) in [4.78, 5) is 22.5. The summed E-state index contributed by atoms with van der Waals surface area (Å²) in [6.07, 6.45) is 3.62. The van der Waals surface area contributed by atoms with Crippen molar-refractivity contribution < 1.29 is 9.72 Å². The minimum Gasteiger partial charge on any atom is -0.349 e. The number of aromatic nitrogens is 1. The van der Waals surface area contributed by atoms with Crippen LogP contribution < -0.4 is 11.1 Å². The number of hydrogen-bond donors (Lipinski definition) is 2. The van der Waals surface area contributed by atoms with Gasteiger partial charge in [0.1, 0.15) is 5.69 Å². The molecule has 0 aliphatic heterocycles. The monoisotopic (exact) mass is 280 g/mol. The number of nitrogens with one attached hydrogen (secondary N) is 1. The van der Waals surface area contributed by atoms with E-state index in [0.29, 0.717) is 18.2 Å². The van der Waals surface area contributed by atoms with Gasteiger partial charge in [-0.05, 0) is 32.6 Å². The fraction of sp³-hybridized carbons (Fsp3) is 0.615. The predicted molar refractivity (Wildman–Crippen MR) is 74.5 cm³/mol. The van der Waals surface area contributed by atoms with Gasteiger partial charge in [-0.3, -0.25) is 14.9 Å². The lowest BCUT2D eigenvalue weighted by molar-refractivity contribution is -0.384. The minimum absolute atomic E-state index is 0.0263. The van der Waals surface area contributed by atoms with Crippen molar-refractivity contribution in [3.8, 4) is 0 Å². The smallest absolute Gasteiger partial charge is 0.287 e. The van der Waals surface area contributed by atoms with Gasteiger partial charge in [-0.2, -0.15) is 0 Å². The number of amides is 1. The van der Waals surface area contributed by atoms with Gasteiger partial charge in [0.2, 0.25) is 0 Å². The Balaban J connectivity index is 2.08. The molecule has 1 aliphatic rings. The summed E-state index contributed by atoms with van der Waals surface area (Å²) < 4.78 is 1.61. The summed E-state index contributed by atoms with van der Waals surface area (Å²) in [5, 5.41) is 13.6. The van der Waals surface area contributed by atoms with Gasteiger partial charge in [-0.15, -0.1) is 0 Å². The van der Waals surface area contributed by atoms with Crippen LogP contribution in [-0.2, 0) is 0 Å². The molecule has 0 radical (unpaired) electrons. The van der Waals surface area contributed by atoms with E-state index in [-0.39, 0.29) is 23.7 Å². The molecule has 110 valence electrons. The van der Waals surface area contributed by atoms with Crippen LogP contribution in [0.25, 0.3) is 0 Å². The molecule has 1 saturated carbocycles. The maximum Gasteiger partial charge on any atom is 0.287 e. The van der Waals surface area contributed by atoms with Crippen LogP contribution in [-0.4, -0.2) is 28.0 Å². The molecule has 1 aromatic heterocycles. The molecule has 0 saturated heterocycles. The van der Waals surface area contributed by atoms with E-state index >= 15 is 0 Å². The average Bonchev–Trinajstić information content (AvgIpc) is 3.12. The van der Waals surface area contributed by atoms with Gasteiger partial charge in [0.15, 0.2) is 0 Å². The zero-order valence-corrected chi connectivity index (χ0v) is 11.7. The van der Waals surface area contributed by atoms with Crippen molar-refractivity contribution in [1.82, 2.24) is 9.88 Å². The first-order valence-electron chi connectivity index (χ1n) is 6.80. The Hall–Kier alpha value is -1.89. The number of nitrogens with zero attached hydrogens (tertiary/aromatic N) is 2. The first-order valence-corrected chi connectivity index (χ1v) is 6.80. The number of carbonyl (C=O) groups excluding carboxylic acids is 1. The van der Waals surface area contributed by atoms with Gasteiger partial charge in [-0.1, -0.05) is 0 Å². The lowest BCUT2D eigenvalue weighted by Gasteiger charge is -2.14. The summed E-state index contributed by atoms with van der Waals surface area (Å²) in [7, 11) is 0. The molecule has 0 aromatic carbocycles. The van der Waals surface area contributed by atoms with Gasteiger partial charge in [0.05, 0.1) is 11.1 Å². The Morgan fingerprint density at radius 1 is 1.60 bits per heavy atom. The van der Waals surface area contributed by atoms with Crippen LogP contribution in [0.4, 0.5) is 5.69 Å². The SMILES string of the molecule is CC(C)n1cc([N+](=O)[O-])cc1C(=O)NCC(N)C1CC1. The Morgan fingerprint density at radius 3 is 2.75 bits per heavy atom. The minimum atomic E-state index is -0.494. The van der Waals surface area contributed by atoms with E-state index in [0.717, 1.165) is 12.8 Å². The number of nitrogens with two attached hydrogens (primary N) is 1. The maximum atomic E-state index is 12.1. The van der Waals surface area contributed by atoms with Crippen molar-refractivity contribution in [1.29, 1.82) is 0 Å². The van der Waals surface area contributed by atoms with Crippen molar-refractivity contribution >= 4 is 11.6 Å². The second-order valence-electron chi connectivity index (χ2n) is 5.55. The molecule has 0 spiro atoms. The fourth-order valence-electron chi connectivity index (χ4n) is 2.17. The second-order valence-corrected chi connectivity index (χ2v) is 5.55. The van der Waals surface area contributed by atoms with E-state index in [1.807, 2.05) is 13.8 Å². The van der Waals surface area contributed by atoms with Crippen LogP contribution in [0.1, 0.15) is 43.2 Å². The maximum absolute atomic E-state index is 12.1. The first-order chi connectivity index (χ1) is 9.40. The number of carbonyl (C=O) groups is 1. The third-order valence-corrected chi connectivity index (χ3v) is 3.56. The molecule has 1 unspecified atom stereocenters. The Bertz CT molecular complexity index is 520. The molecule has 1 amide bonds. The summed E-state index contributed by atoms with van der Waals surface area (Å²) in [6, 6.07) is 1.25. The molecule has 1 atom stereocenters. The van der Waals surface area contributed by atoms with Crippen LogP contribution in [0, 0.1) is 16.0 Å². The molecule has 3 N–H and O–H groups in total. The Labute approximate surface area is 117 Å². The summed E-state index contributed by atoms with van der Waals surface area (Å²) in [5.74, 6) is 0.185. The normalized spacial score (nSPS) is 16.2. The summed E-state index contributed by atoms with van der Waals surface area (Å²) in [6.45, 7) is 4.15. The molecule has 20 heavy (non-hydrogen) atoms. The third-order valence-electron chi connectivity index (χ3n) is 3.56. The van der Waals surface area contributed by atoms with Crippen LogP contribution in [0.2, 0.25) is 0 Å². The van der Waals surface area contributed by atoms with Crippen molar-refractivity contribution in [2.45, 2.75) is 38.8 Å². The second kappa shape index (κ2) is 5.62. The highest BCUT2D eigenvalue weighted by Crippen LogP contribution is 2.31. The van der Waals surface area contributed by atoms with E-state index in [4.69, 9.17) is 5.73 Å². The number of hydrogen-bond acceptors (Lipinski definition) is 4. The van der Waals surface area contributed by atoms with Crippen molar-refractivity contribution in [2.24, 2.45) is 11.7 Å². The largest absolute Gasteiger partial charge is 0.349 e. The van der Waals surface area contributed by atoms with Gasteiger partial charge >= 0.3 is 0 Å². The van der Waals surface area contributed by atoms with Crippen LogP contribution >= 0.6 is 0 Å². The lowest BCUT2D eigenvalue weighted by atomic mass is 10.2. The average molecular weight is 280 g/mol. The fourth-order valence-corrected chi connectivity index (χ4v) is 2.17. The van der Waals surface area contributed by atoms with Crippen LogP contribution in [0.3, 0.4) is 0 Å². The van der Waals surface area contributed by atoms with E-state index < -0.39 is 4.92 Å². The molecule has 7 heteroatoms. The van der Waals surface area contributed by atoms with Crippen molar-refractivity contribution in [3.63, 3.8) is 0 Å². The first kappa shape index (κ1) is 14.5. The van der Waals surface area contributed by atoms with Crippen molar-refractivity contribution in [2.75, 3.05) is 6.54 Å². The molecule has 1 fully saturated rings. The molecular formula is C13H20N4O3. The van der Waals surface area contributed by atoms with Crippen LogP contribution in [0.15, 0.2) is 12.3 Å². The van der Waals surface area contributed by atoms with E-state index in [2.05, 4.69) is 5.32 Å². The molecule has 7 nitrogen and oxygen atoms in total. The molecular weight excluding hydrogens is 260 g/mol. The lowest BCUT2D eigenvalue weighted by Crippen LogP contribution is -2.39. The van der Waals surface area contributed by atoms with Gasteiger partial charge in [0.25, 0.3) is 11.6 Å². The molecule has 0 bridgehead atoms. The highest BCUT2D eigenvalue weighted by atomic mass is 16.6. The van der Waals surface area contributed by atoms with Crippen LogP contribution in [0.5, 0.6) is 0 Å². The molecule has 1 aromatic rings. The van der Waals surface area contributed by atoms with E-state index in [1.165, 1.54) is 12.3 Å². The Morgan fingerprint density at radius 2 is 2.25 bits per heavy atom. The highest BCUT2D eigenvalue weighted by molar-refractivity contribution is 5.93. The van der Waals surface area contributed by atoms with Gasteiger partial charge in [0, 0.05) is 24.7 Å². The summed E-state index contributed by atoms with van der Waals surface area (Å²) in [5.41, 5.74) is 6.15. The standard InChI is InChI=1S/C13H20N4O3/c1-8(2)16-7-10(17(19)20)5-12(16)13(18)15-6-11(14)9-3-4-9/h5,7-9,11H,3-4,6,14H2,1-2H3,(H,15,18). The molecule has 1 heterocycles. The molecule has 1 aliphatic carbocycles. The quantitative estimate of drug-likeness (QED) is 0.608. The van der Waals surface area contributed by atoms with Gasteiger partial charge < -0.3 is 15.6 Å². The third kappa shape index (κ3) is 3.16. The number of nitro groups is 1. The predicted octanol–water partition coefficient (Wildman–Crippen LogP) is 1.44. The zero-order chi connectivity index (χ0) is 14.9. The summed E-state index contributed by atoms with van der Waals surface area (Å²) >= 11 is 0. The topological polar surface area (TPSA) is 103 Å². The van der Waals surface area contributed by atoms with Gasteiger partial charge in [-0.25, -0.2) is 0 Å². The Kier molecular flexibility index (Phi) is 4.08. The van der Waals surface area contributed by atoms with Crippen molar-refractivity contribution in [3.05, 3.63) is 28.1 Å². The molecule has 2 rings (SSSR count). The number of rotatable bonds is 6. The highest BCUT2D eigenvalue weighted by Gasteiger charge is 2.29.